The van der Waals surface area contributed by atoms with Gasteiger partial charge in [0.05, 0.1) is 16.3 Å². The highest BCUT2D eigenvalue weighted by Gasteiger charge is 2.17. The second-order valence-electron chi connectivity index (χ2n) is 4.07. The van der Waals surface area contributed by atoms with Crippen molar-refractivity contribution in [3.05, 3.63) is 59.7 Å². The first-order valence-electron chi connectivity index (χ1n) is 5.41. The molecule has 0 aliphatic rings. The second-order valence-corrected chi connectivity index (χ2v) is 6.06. The maximum Gasteiger partial charge on any atom is 0.182 e. The molecule has 2 N–H and O–H groups in total. The highest BCUT2D eigenvalue weighted by molar-refractivity contribution is 7.90. The van der Waals surface area contributed by atoms with Crippen LogP contribution in [-0.4, -0.2) is 8.42 Å². The van der Waals surface area contributed by atoms with Gasteiger partial charge >= 0.3 is 0 Å². The van der Waals surface area contributed by atoms with E-state index in [-0.39, 0.29) is 10.6 Å². The van der Waals surface area contributed by atoms with Crippen LogP contribution in [0.4, 0.5) is 14.5 Å². The van der Waals surface area contributed by atoms with Crippen LogP contribution < -0.4 is 5.73 Å². The standard InChI is InChI=1S/C13H11F2NO2S/c14-10-3-1-2-9(6-10)8-19(17,18)11-4-5-13(16)12(15)7-11/h1-7H,8,16H2. The Balaban J connectivity index is 2.35. The Morgan fingerprint density at radius 1 is 1.05 bits per heavy atom. The van der Waals surface area contributed by atoms with Crippen molar-refractivity contribution >= 4 is 15.5 Å². The second kappa shape index (κ2) is 4.97. The third kappa shape index (κ3) is 3.08. The van der Waals surface area contributed by atoms with Crippen LogP contribution in [0.3, 0.4) is 0 Å². The molecule has 19 heavy (non-hydrogen) atoms. The molecule has 0 atom stereocenters. The molecule has 0 aromatic heterocycles. The number of rotatable bonds is 3. The lowest BCUT2D eigenvalue weighted by atomic mass is 10.2. The number of hydrogen-bond acceptors (Lipinski definition) is 3. The molecule has 100 valence electrons. The van der Waals surface area contributed by atoms with Gasteiger partial charge in [0.25, 0.3) is 0 Å². The topological polar surface area (TPSA) is 60.2 Å². The van der Waals surface area contributed by atoms with E-state index < -0.39 is 27.2 Å². The van der Waals surface area contributed by atoms with Crippen LogP contribution in [-0.2, 0) is 15.6 Å². The van der Waals surface area contributed by atoms with Gasteiger partial charge < -0.3 is 5.73 Å². The minimum atomic E-state index is -3.73. The van der Waals surface area contributed by atoms with E-state index in [2.05, 4.69) is 0 Å². The fourth-order valence-electron chi connectivity index (χ4n) is 1.63. The van der Waals surface area contributed by atoms with Gasteiger partial charge in [0.1, 0.15) is 11.6 Å². The summed E-state index contributed by atoms with van der Waals surface area (Å²) < 4.78 is 50.3. The van der Waals surface area contributed by atoms with Gasteiger partial charge in [-0.1, -0.05) is 12.1 Å². The molecule has 0 aliphatic carbocycles. The number of anilines is 1. The zero-order valence-corrected chi connectivity index (χ0v) is 10.6. The average Bonchev–Trinajstić information content (AvgIpc) is 2.32. The molecule has 0 saturated heterocycles. The van der Waals surface area contributed by atoms with Gasteiger partial charge in [0, 0.05) is 0 Å². The van der Waals surface area contributed by atoms with E-state index in [9.17, 15) is 17.2 Å². The molecule has 0 saturated carbocycles. The van der Waals surface area contributed by atoms with Crippen molar-refractivity contribution in [2.24, 2.45) is 0 Å². The van der Waals surface area contributed by atoms with Crippen LogP contribution in [0.2, 0.25) is 0 Å². The smallest absolute Gasteiger partial charge is 0.182 e. The van der Waals surface area contributed by atoms with Crippen LogP contribution in [0.25, 0.3) is 0 Å². The van der Waals surface area contributed by atoms with Gasteiger partial charge in [-0.15, -0.1) is 0 Å². The van der Waals surface area contributed by atoms with Gasteiger partial charge in [-0.05, 0) is 35.9 Å². The number of nitrogen functional groups attached to an aromatic ring is 1. The summed E-state index contributed by atoms with van der Waals surface area (Å²) in [5.41, 5.74) is 5.47. The van der Waals surface area contributed by atoms with Gasteiger partial charge in [-0.3, -0.25) is 0 Å². The van der Waals surface area contributed by atoms with Crippen LogP contribution in [0.15, 0.2) is 47.4 Å². The summed E-state index contributed by atoms with van der Waals surface area (Å²) in [7, 11) is -3.73. The molecule has 2 aromatic carbocycles. The molecule has 2 rings (SSSR count). The maximum atomic E-state index is 13.3. The normalized spacial score (nSPS) is 11.5. The molecule has 0 fully saturated rings. The van der Waals surface area contributed by atoms with Gasteiger partial charge in [-0.2, -0.15) is 0 Å². The van der Waals surface area contributed by atoms with Gasteiger partial charge in [0.15, 0.2) is 9.84 Å². The van der Waals surface area contributed by atoms with Crippen molar-refractivity contribution in [1.29, 1.82) is 0 Å². The highest BCUT2D eigenvalue weighted by Crippen LogP contribution is 2.20. The Labute approximate surface area is 109 Å². The summed E-state index contributed by atoms with van der Waals surface area (Å²) in [6.07, 6.45) is 0. The Bertz CT molecular complexity index is 714. The maximum absolute atomic E-state index is 13.3. The van der Waals surface area contributed by atoms with E-state index in [4.69, 9.17) is 5.73 Å². The molecule has 0 heterocycles. The third-order valence-corrected chi connectivity index (χ3v) is 4.26. The first-order chi connectivity index (χ1) is 8.88. The zero-order valence-electron chi connectivity index (χ0n) is 9.81. The van der Waals surface area contributed by atoms with E-state index in [1.165, 1.54) is 30.3 Å². The Kier molecular flexibility index (Phi) is 3.53. The van der Waals surface area contributed by atoms with Crippen molar-refractivity contribution in [2.75, 3.05) is 5.73 Å². The summed E-state index contributed by atoms with van der Waals surface area (Å²) in [5.74, 6) is -1.70. The number of nitrogens with two attached hydrogens (primary N) is 1. The van der Waals surface area contributed by atoms with Gasteiger partial charge in [-0.25, -0.2) is 17.2 Å². The predicted octanol–water partition coefficient (Wildman–Crippen LogP) is 2.52. The monoisotopic (exact) mass is 283 g/mol. The third-order valence-electron chi connectivity index (χ3n) is 2.58. The average molecular weight is 283 g/mol. The van der Waals surface area contributed by atoms with E-state index in [1.807, 2.05) is 0 Å². The largest absolute Gasteiger partial charge is 0.396 e. The summed E-state index contributed by atoms with van der Waals surface area (Å²) in [6, 6.07) is 8.55. The minimum Gasteiger partial charge on any atom is -0.396 e. The number of hydrogen-bond donors (Lipinski definition) is 1. The number of benzene rings is 2. The Hall–Kier alpha value is -1.95. The van der Waals surface area contributed by atoms with E-state index in [0.717, 1.165) is 12.1 Å². The molecule has 2 aromatic rings. The van der Waals surface area contributed by atoms with E-state index in [1.54, 1.807) is 0 Å². The Morgan fingerprint density at radius 2 is 1.79 bits per heavy atom. The fourth-order valence-corrected chi connectivity index (χ4v) is 2.97. The molecule has 0 spiro atoms. The SMILES string of the molecule is Nc1ccc(S(=O)(=O)Cc2cccc(F)c2)cc1F. The first-order valence-corrected chi connectivity index (χ1v) is 7.06. The van der Waals surface area contributed by atoms with Crippen molar-refractivity contribution < 1.29 is 17.2 Å². The van der Waals surface area contributed by atoms with E-state index in [0.29, 0.717) is 5.56 Å². The first kappa shape index (κ1) is 13.5. The van der Waals surface area contributed by atoms with Crippen molar-refractivity contribution in [2.45, 2.75) is 10.6 Å². The molecule has 0 aliphatic heterocycles. The molecular formula is C13H11F2NO2S. The number of sulfone groups is 1. The molecule has 3 nitrogen and oxygen atoms in total. The lowest BCUT2D eigenvalue weighted by molar-refractivity contribution is 0.590. The quantitative estimate of drug-likeness (QED) is 0.880. The summed E-state index contributed by atoms with van der Waals surface area (Å²) in [5, 5.41) is 0. The summed E-state index contributed by atoms with van der Waals surface area (Å²) in [4.78, 5) is -0.177. The summed E-state index contributed by atoms with van der Waals surface area (Å²) in [6.45, 7) is 0. The molecule has 6 heteroatoms. The molecule has 0 amide bonds. The Morgan fingerprint density at radius 3 is 2.42 bits per heavy atom. The van der Waals surface area contributed by atoms with Gasteiger partial charge in [0.2, 0.25) is 0 Å². The zero-order chi connectivity index (χ0) is 14.0. The molecular weight excluding hydrogens is 272 g/mol. The molecule has 0 radical (unpaired) electrons. The predicted molar refractivity (Wildman–Crippen MR) is 68.1 cm³/mol. The van der Waals surface area contributed by atoms with Crippen molar-refractivity contribution in [3.63, 3.8) is 0 Å². The fraction of sp³-hybridized carbons (Fsp3) is 0.0769. The molecule has 0 unspecified atom stereocenters. The van der Waals surface area contributed by atoms with Crippen LogP contribution in [0.5, 0.6) is 0 Å². The van der Waals surface area contributed by atoms with Crippen LogP contribution in [0, 0.1) is 11.6 Å². The highest BCUT2D eigenvalue weighted by atomic mass is 32.2. The number of halogens is 2. The molecule has 0 bridgehead atoms. The van der Waals surface area contributed by atoms with Crippen LogP contribution in [0.1, 0.15) is 5.56 Å². The van der Waals surface area contributed by atoms with Crippen molar-refractivity contribution in [1.82, 2.24) is 0 Å². The van der Waals surface area contributed by atoms with Crippen molar-refractivity contribution in [3.8, 4) is 0 Å². The summed E-state index contributed by atoms with van der Waals surface area (Å²) >= 11 is 0. The minimum absolute atomic E-state index is 0.121. The van der Waals surface area contributed by atoms with E-state index >= 15 is 0 Å². The lowest BCUT2D eigenvalue weighted by Gasteiger charge is -2.06. The lowest BCUT2D eigenvalue weighted by Crippen LogP contribution is -2.06. The van der Waals surface area contributed by atoms with Crippen LogP contribution >= 0.6 is 0 Å².